The molecule has 20 heavy (non-hydrogen) atoms. The second kappa shape index (κ2) is 5.12. The van der Waals surface area contributed by atoms with Crippen molar-refractivity contribution in [1.29, 1.82) is 0 Å². The molecular weight excluding hydrogens is 252 g/mol. The molecule has 1 atom stereocenters. The molecule has 3 rings (SSSR count). The Bertz CT molecular complexity index is 515. The Morgan fingerprint density at radius 1 is 1.25 bits per heavy atom. The van der Waals surface area contributed by atoms with Crippen molar-refractivity contribution >= 4 is 5.97 Å². The predicted octanol–water partition coefficient (Wildman–Crippen LogP) is 4.18. The molecule has 1 N–H and O–H groups in total. The largest absolute Gasteiger partial charge is 0.490 e. The molecule has 3 nitrogen and oxygen atoms in total. The maximum atomic E-state index is 11.1. The topological polar surface area (TPSA) is 46.5 Å². The number of carboxylic acid groups (broad SMARTS) is 1. The lowest BCUT2D eigenvalue weighted by molar-refractivity contribution is -0.0706. The smallest absolute Gasteiger partial charge is 0.335 e. The van der Waals surface area contributed by atoms with Gasteiger partial charge in [-0.2, -0.15) is 0 Å². The van der Waals surface area contributed by atoms with Gasteiger partial charge >= 0.3 is 5.97 Å². The molecule has 2 saturated carbocycles. The zero-order valence-corrected chi connectivity index (χ0v) is 12.0. The summed E-state index contributed by atoms with van der Waals surface area (Å²) in [5, 5.41) is 9.09. The van der Waals surface area contributed by atoms with E-state index in [0.717, 1.165) is 17.7 Å². The number of ether oxygens (including phenoxy) is 1. The molecule has 2 fully saturated rings. The molecule has 3 heteroatoms. The summed E-state index contributed by atoms with van der Waals surface area (Å²) in [6.45, 7) is 1.98. The fourth-order valence-electron chi connectivity index (χ4n) is 3.70. The first-order valence-corrected chi connectivity index (χ1v) is 7.61. The molecule has 0 radical (unpaired) electrons. The highest BCUT2D eigenvalue weighted by atomic mass is 16.5. The van der Waals surface area contributed by atoms with Crippen LogP contribution in [-0.2, 0) is 0 Å². The fraction of sp³-hybridized carbons (Fsp3) is 0.588. The lowest BCUT2D eigenvalue weighted by Gasteiger charge is -2.51. The Morgan fingerprint density at radius 2 is 2.00 bits per heavy atom. The van der Waals surface area contributed by atoms with Crippen LogP contribution in [0.15, 0.2) is 18.2 Å². The van der Waals surface area contributed by atoms with Crippen LogP contribution < -0.4 is 4.74 Å². The Kier molecular flexibility index (Phi) is 3.45. The summed E-state index contributed by atoms with van der Waals surface area (Å²) < 4.78 is 6.20. The quantitative estimate of drug-likeness (QED) is 0.899. The van der Waals surface area contributed by atoms with Gasteiger partial charge in [0.1, 0.15) is 11.9 Å². The van der Waals surface area contributed by atoms with E-state index in [9.17, 15) is 4.79 Å². The summed E-state index contributed by atoms with van der Waals surface area (Å²) in [5.41, 5.74) is 1.71. The van der Waals surface area contributed by atoms with Crippen LogP contribution >= 0.6 is 0 Å². The number of aromatic carboxylic acids is 1. The monoisotopic (exact) mass is 274 g/mol. The van der Waals surface area contributed by atoms with Gasteiger partial charge < -0.3 is 9.84 Å². The molecule has 2 aliphatic rings. The van der Waals surface area contributed by atoms with Gasteiger partial charge in [0.05, 0.1) is 5.56 Å². The maximum absolute atomic E-state index is 11.1. The summed E-state index contributed by atoms with van der Waals surface area (Å²) in [4.78, 5) is 11.1. The third-order valence-corrected chi connectivity index (χ3v) is 5.14. The molecule has 2 aliphatic carbocycles. The molecule has 1 aromatic rings. The third kappa shape index (κ3) is 2.30. The minimum Gasteiger partial charge on any atom is -0.490 e. The zero-order valence-electron chi connectivity index (χ0n) is 12.0. The van der Waals surface area contributed by atoms with Gasteiger partial charge in [-0.25, -0.2) is 4.79 Å². The average molecular weight is 274 g/mol. The third-order valence-electron chi connectivity index (χ3n) is 5.14. The van der Waals surface area contributed by atoms with E-state index in [1.54, 1.807) is 12.1 Å². The Morgan fingerprint density at radius 3 is 2.60 bits per heavy atom. The molecule has 0 heterocycles. The molecule has 1 spiro atoms. The predicted molar refractivity (Wildman–Crippen MR) is 77.3 cm³/mol. The Balaban J connectivity index is 1.77. The van der Waals surface area contributed by atoms with Gasteiger partial charge in [-0.1, -0.05) is 25.3 Å². The normalized spacial score (nSPS) is 24.1. The lowest BCUT2D eigenvalue weighted by Crippen LogP contribution is -2.49. The molecule has 1 aromatic carbocycles. The van der Waals surface area contributed by atoms with Gasteiger partial charge in [-0.15, -0.1) is 0 Å². The van der Waals surface area contributed by atoms with Crippen LogP contribution in [0.5, 0.6) is 5.75 Å². The number of aryl methyl sites for hydroxylation is 1. The first kappa shape index (κ1) is 13.5. The van der Waals surface area contributed by atoms with Crippen molar-refractivity contribution < 1.29 is 14.6 Å². The van der Waals surface area contributed by atoms with E-state index >= 15 is 0 Å². The van der Waals surface area contributed by atoms with E-state index in [1.807, 2.05) is 13.0 Å². The Hall–Kier alpha value is -1.51. The molecule has 0 bridgehead atoms. The van der Waals surface area contributed by atoms with Crippen molar-refractivity contribution in [1.82, 2.24) is 0 Å². The lowest BCUT2D eigenvalue weighted by atomic mass is 9.58. The van der Waals surface area contributed by atoms with Gasteiger partial charge in [0.25, 0.3) is 0 Å². The maximum Gasteiger partial charge on any atom is 0.335 e. The van der Waals surface area contributed by atoms with E-state index in [1.165, 1.54) is 38.5 Å². The summed E-state index contributed by atoms with van der Waals surface area (Å²) in [6.07, 6.45) is 9.19. The van der Waals surface area contributed by atoms with Gasteiger partial charge in [0.15, 0.2) is 0 Å². The summed E-state index contributed by atoms with van der Waals surface area (Å²) in [7, 11) is 0. The van der Waals surface area contributed by atoms with Crippen LogP contribution in [0, 0.1) is 12.3 Å². The Labute approximate surface area is 120 Å². The molecule has 1 unspecified atom stereocenters. The highest BCUT2D eigenvalue weighted by molar-refractivity contribution is 5.88. The first-order chi connectivity index (χ1) is 9.61. The van der Waals surface area contributed by atoms with Crippen LogP contribution in [0.4, 0.5) is 0 Å². The van der Waals surface area contributed by atoms with Crippen molar-refractivity contribution in [3.8, 4) is 5.75 Å². The van der Waals surface area contributed by atoms with Gasteiger partial charge in [-0.05, 0) is 50.3 Å². The number of benzene rings is 1. The summed E-state index contributed by atoms with van der Waals surface area (Å²) >= 11 is 0. The van der Waals surface area contributed by atoms with Crippen LogP contribution in [-0.4, -0.2) is 17.2 Å². The minimum absolute atomic E-state index is 0.283. The molecular formula is C17H22O3. The van der Waals surface area contributed by atoms with Gasteiger partial charge in [-0.3, -0.25) is 0 Å². The van der Waals surface area contributed by atoms with Crippen molar-refractivity contribution in [2.24, 2.45) is 5.41 Å². The minimum atomic E-state index is -0.893. The highest BCUT2D eigenvalue weighted by Crippen LogP contribution is 2.53. The number of hydrogen-bond donors (Lipinski definition) is 1. The van der Waals surface area contributed by atoms with E-state index in [0.29, 0.717) is 11.0 Å². The number of hydrogen-bond acceptors (Lipinski definition) is 2. The van der Waals surface area contributed by atoms with Crippen LogP contribution in [0.2, 0.25) is 0 Å². The fourth-order valence-corrected chi connectivity index (χ4v) is 3.70. The van der Waals surface area contributed by atoms with E-state index in [4.69, 9.17) is 9.84 Å². The summed E-state index contributed by atoms with van der Waals surface area (Å²) in [6, 6.07) is 5.15. The van der Waals surface area contributed by atoms with E-state index < -0.39 is 5.97 Å². The standard InChI is InChI=1S/C17H22O3/c1-12-5-6-13(16(18)19)11-14(12)20-15-7-10-17(15)8-3-2-4-9-17/h5-6,11,15H,2-4,7-10H2,1H3,(H,18,19). The van der Waals surface area contributed by atoms with Crippen molar-refractivity contribution in [2.45, 2.75) is 58.0 Å². The van der Waals surface area contributed by atoms with E-state index in [-0.39, 0.29) is 6.10 Å². The molecule has 0 amide bonds. The molecule has 0 saturated heterocycles. The number of rotatable bonds is 3. The number of carboxylic acids is 1. The van der Waals surface area contributed by atoms with Crippen LogP contribution in [0.25, 0.3) is 0 Å². The summed E-state index contributed by atoms with van der Waals surface area (Å²) in [5.74, 6) is -0.143. The van der Waals surface area contributed by atoms with Crippen LogP contribution in [0.1, 0.15) is 60.9 Å². The average Bonchev–Trinajstić information content (AvgIpc) is 2.45. The van der Waals surface area contributed by atoms with Crippen molar-refractivity contribution in [2.75, 3.05) is 0 Å². The molecule has 108 valence electrons. The zero-order chi connectivity index (χ0) is 14.2. The highest BCUT2D eigenvalue weighted by Gasteiger charge is 2.48. The van der Waals surface area contributed by atoms with Crippen LogP contribution in [0.3, 0.4) is 0 Å². The van der Waals surface area contributed by atoms with Gasteiger partial charge in [0, 0.05) is 5.41 Å². The van der Waals surface area contributed by atoms with Crippen molar-refractivity contribution in [3.05, 3.63) is 29.3 Å². The first-order valence-electron chi connectivity index (χ1n) is 7.61. The molecule has 0 aliphatic heterocycles. The molecule has 0 aromatic heterocycles. The second-order valence-corrected chi connectivity index (χ2v) is 6.35. The van der Waals surface area contributed by atoms with Crippen molar-refractivity contribution in [3.63, 3.8) is 0 Å². The van der Waals surface area contributed by atoms with E-state index in [2.05, 4.69) is 0 Å². The van der Waals surface area contributed by atoms with Gasteiger partial charge in [0.2, 0.25) is 0 Å². The SMILES string of the molecule is Cc1ccc(C(=O)O)cc1OC1CCC12CCCCC2. The number of carbonyl (C=O) groups is 1. The second-order valence-electron chi connectivity index (χ2n) is 6.35.